The molecule has 0 aromatic carbocycles. The van der Waals surface area contributed by atoms with E-state index in [1.165, 1.54) is 4.31 Å². The lowest BCUT2D eigenvalue weighted by Crippen LogP contribution is -2.30. The van der Waals surface area contributed by atoms with Gasteiger partial charge in [-0.1, -0.05) is 27.7 Å². The second kappa shape index (κ2) is 7.81. The Bertz CT molecular complexity index is 504. The Morgan fingerprint density at radius 1 is 1.20 bits per heavy atom. The van der Waals surface area contributed by atoms with Crippen molar-refractivity contribution in [1.82, 2.24) is 14.2 Å². The number of rotatable bonds is 9. The summed E-state index contributed by atoms with van der Waals surface area (Å²) in [6.45, 7) is 11.3. The van der Waals surface area contributed by atoms with Gasteiger partial charge in [0.05, 0.1) is 0 Å². The summed E-state index contributed by atoms with van der Waals surface area (Å²) in [4.78, 5) is 0.405. The molecule has 5 nitrogen and oxygen atoms in total. The highest BCUT2D eigenvalue weighted by atomic mass is 32.2. The van der Waals surface area contributed by atoms with Crippen LogP contribution in [-0.4, -0.2) is 36.9 Å². The van der Waals surface area contributed by atoms with Crippen LogP contribution in [0.15, 0.2) is 17.2 Å². The summed E-state index contributed by atoms with van der Waals surface area (Å²) in [6, 6.07) is 1.80. The lowest BCUT2D eigenvalue weighted by Gasteiger charge is -2.17. The zero-order chi connectivity index (χ0) is 15.2. The summed E-state index contributed by atoms with van der Waals surface area (Å²) < 4.78 is 28.6. The van der Waals surface area contributed by atoms with E-state index in [1.54, 1.807) is 12.3 Å². The molecule has 0 unspecified atom stereocenters. The van der Waals surface area contributed by atoms with Crippen molar-refractivity contribution in [1.29, 1.82) is 0 Å². The molecule has 0 saturated heterocycles. The molecule has 1 aromatic heterocycles. The number of nitrogens with one attached hydrogen (secondary N) is 1. The number of aromatic nitrogens is 1. The monoisotopic (exact) mass is 301 g/mol. The van der Waals surface area contributed by atoms with Gasteiger partial charge in [-0.2, -0.15) is 4.31 Å². The first-order valence-corrected chi connectivity index (χ1v) is 8.85. The van der Waals surface area contributed by atoms with Crippen LogP contribution in [0.2, 0.25) is 0 Å². The van der Waals surface area contributed by atoms with Gasteiger partial charge in [0.1, 0.15) is 4.90 Å². The normalized spacial score (nSPS) is 12.2. The third kappa shape index (κ3) is 3.84. The molecule has 0 atom stereocenters. The largest absolute Gasteiger partial charge is 0.349 e. The van der Waals surface area contributed by atoms with E-state index in [0.717, 1.165) is 25.2 Å². The third-order valence-electron chi connectivity index (χ3n) is 3.32. The zero-order valence-corrected chi connectivity index (χ0v) is 13.8. The fourth-order valence-electron chi connectivity index (χ4n) is 2.23. The van der Waals surface area contributed by atoms with Gasteiger partial charge in [0, 0.05) is 38.1 Å². The molecule has 0 aliphatic heterocycles. The summed E-state index contributed by atoms with van der Waals surface area (Å²) in [5.74, 6) is 0. The fraction of sp³-hybridized carbons (Fsp3) is 0.714. The van der Waals surface area contributed by atoms with E-state index in [0.29, 0.717) is 24.5 Å². The van der Waals surface area contributed by atoms with Crippen molar-refractivity contribution in [3.05, 3.63) is 18.0 Å². The van der Waals surface area contributed by atoms with Crippen molar-refractivity contribution >= 4 is 10.0 Å². The van der Waals surface area contributed by atoms with Crippen LogP contribution in [0.3, 0.4) is 0 Å². The minimum Gasteiger partial charge on any atom is -0.349 e. The van der Waals surface area contributed by atoms with Gasteiger partial charge in [-0.3, -0.25) is 0 Å². The molecule has 0 spiro atoms. The highest BCUT2D eigenvalue weighted by molar-refractivity contribution is 7.89. The van der Waals surface area contributed by atoms with Crippen molar-refractivity contribution in [3.8, 4) is 0 Å². The van der Waals surface area contributed by atoms with E-state index in [9.17, 15) is 8.42 Å². The SMILES string of the molecule is CCCn1cc(S(=O)(=O)N(CC)CC)cc1CNCC. The second-order valence-corrected chi connectivity index (χ2v) is 6.67. The van der Waals surface area contributed by atoms with Crippen molar-refractivity contribution in [3.63, 3.8) is 0 Å². The van der Waals surface area contributed by atoms with E-state index in [2.05, 4.69) is 12.2 Å². The molecule has 0 amide bonds. The van der Waals surface area contributed by atoms with Gasteiger partial charge in [0.2, 0.25) is 10.0 Å². The molecule has 6 heteroatoms. The van der Waals surface area contributed by atoms with Crippen molar-refractivity contribution < 1.29 is 8.42 Å². The van der Waals surface area contributed by atoms with Crippen LogP contribution in [0.5, 0.6) is 0 Å². The predicted molar refractivity (Wildman–Crippen MR) is 82.2 cm³/mol. The van der Waals surface area contributed by atoms with Gasteiger partial charge in [0.25, 0.3) is 0 Å². The number of hydrogen-bond acceptors (Lipinski definition) is 3. The highest BCUT2D eigenvalue weighted by Gasteiger charge is 2.23. The molecule has 0 fully saturated rings. The average Bonchev–Trinajstić information content (AvgIpc) is 2.82. The Hall–Kier alpha value is -0.850. The van der Waals surface area contributed by atoms with Gasteiger partial charge in [-0.15, -0.1) is 0 Å². The quantitative estimate of drug-likeness (QED) is 0.759. The molecule has 0 bridgehead atoms. The minimum atomic E-state index is -3.36. The topological polar surface area (TPSA) is 54.3 Å². The van der Waals surface area contributed by atoms with Crippen LogP contribution in [0, 0.1) is 0 Å². The second-order valence-electron chi connectivity index (χ2n) is 4.73. The maximum Gasteiger partial charge on any atom is 0.244 e. The maximum atomic E-state index is 12.5. The van der Waals surface area contributed by atoms with E-state index < -0.39 is 10.0 Å². The number of nitrogens with zero attached hydrogens (tertiary/aromatic N) is 2. The van der Waals surface area contributed by atoms with Crippen molar-refractivity contribution in [2.75, 3.05) is 19.6 Å². The average molecular weight is 301 g/mol. The first-order valence-electron chi connectivity index (χ1n) is 7.41. The Kier molecular flexibility index (Phi) is 6.71. The summed E-state index contributed by atoms with van der Waals surface area (Å²) in [7, 11) is -3.36. The predicted octanol–water partition coefficient (Wildman–Crippen LogP) is 2.04. The molecule has 0 aliphatic rings. The van der Waals surface area contributed by atoms with Gasteiger partial charge in [-0.25, -0.2) is 8.42 Å². The molecule has 1 heterocycles. The molecule has 0 aliphatic carbocycles. The van der Waals surface area contributed by atoms with E-state index >= 15 is 0 Å². The van der Waals surface area contributed by atoms with Gasteiger partial charge >= 0.3 is 0 Å². The molecule has 1 aromatic rings. The lowest BCUT2D eigenvalue weighted by atomic mass is 10.4. The molecule has 20 heavy (non-hydrogen) atoms. The van der Waals surface area contributed by atoms with Gasteiger partial charge < -0.3 is 9.88 Å². The maximum absolute atomic E-state index is 12.5. The van der Waals surface area contributed by atoms with Crippen LogP contribution in [0.4, 0.5) is 0 Å². The minimum absolute atomic E-state index is 0.405. The molecular weight excluding hydrogens is 274 g/mol. The van der Waals surface area contributed by atoms with Crippen molar-refractivity contribution in [2.24, 2.45) is 0 Å². The van der Waals surface area contributed by atoms with Crippen LogP contribution in [0.1, 0.15) is 39.8 Å². The van der Waals surface area contributed by atoms with E-state index in [-0.39, 0.29) is 0 Å². The Morgan fingerprint density at radius 3 is 2.35 bits per heavy atom. The van der Waals surface area contributed by atoms with Gasteiger partial charge in [-0.05, 0) is 19.0 Å². The van der Waals surface area contributed by atoms with Crippen LogP contribution in [-0.2, 0) is 23.1 Å². The molecule has 116 valence electrons. The third-order valence-corrected chi connectivity index (χ3v) is 5.34. The van der Waals surface area contributed by atoms with E-state index in [1.807, 2.05) is 25.3 Å². The molecule has 0 saturated carbocycles. The first kappa shape index (κ1) is 17.2. The number of hydrogen-bond donors (Lipinski definition) is 1. The summed E-state index contributed by atoms with van der Waals surface area (Å²) >= 11 is 0. The van der Waals surface area contributed by atoms with Crippen LogP contribution in [0.25, 0.3) is 0 Å². The van der Waals surface area contributed by atoms with Crippen LogP contribution < -0.4 is 5.32 Å². The Labute approximate surface area is 123 Å². The van der Waals surface area contributed by atoms with Crippen molar-refractivity contribution in [2.45, 2.75) is 52.1 Å². The Morgan fingerprint density at radius 2 is 1.85 bits per heavy atom. The standard InChI is InChI=1S/C14H27N3O2S/c1-5-9-16-12-14(10-13(16)11-15-6-2)20(18,19)17(7-3)8-4/h10,12,15H,5-9,11H2,1-4H3. The highest BCUT2D eigenvalue weighted by Crippen LogP contribution is 2.19. The summed E-state index contributed by atoms with van der Waals surface area (Å²) in [5.41, 5.74) is 1.03. The number of aryl methyl sites for hydroxylation is 1. The molecular formula is C14H27N3O2S. The smallest absolute Gasteiger partial charge is 0.244 e. The van der Waals surface area contributed by atoms with E-state index in [4.69, 9.17) is 0 Å². The first-order chi connectivity index (χ1) is 9.51. The van der Waals surface area contributed by atoms with Gasteiger partial charge in [0.15, 0.2) is 0 Å². The summed E-state index contributed by atoms with van der Waals surface area (Å²) in [6.07, 6.45) is 2.75. The summed E-state index contributed by atoms with van der Waals surface area (Å²) in [5, 5.41) is 3.26. The fourth-order valence-corrected chi connectivity index (χ4v) is 3.75. The number of sulfonamides is 1. The van der Waals surface area contributed by atoms with Crippen LogP contribution >= 0.6 is 0 Å². The zero-order valence-electron chi connectivity index (χ0n) is 13.0. The molecule has 0 radical (unpaired) electrons. The molecule has 1 N–H and O–H groups in total. The molecule has 1 rings (SSSR count). The Balaban J connectivity index is 3.12. The lowest BCUT2D eigenvalue weighted by molar-refractivity contribution is 0.445.